The molecule has 0 saturated carbocycles. The number of amides is 1. The van der Waals surface area contributed by atoms with Gasteiger partial charge < -0.3 is 15.5 Å². The van der Waals surface area contributed by atoms with Crippen LogP contribution in [0.4, 0.5) is 5.69 Å². The van der Waals surface area contributed by atoms with Gasteiger partial charge in [0.25, 0.3) is 0 Å². The maximum atomic E-state index is 11.9. The number of rotatable bonds is 6. The quantitative estimate of drug-likeness (QED) is 0.836. The van der Waals surface area contributed by atoms with Gasteiger partial charge in [0.1, 0.15) is 0 Å². The summed E-state index contributed by atoms with van der Waals surface area (Å²) in [7, 11) is 0. The first-order chi connectivity index (χ1) is 9.63. The topological polar surface area (TPSA) is 44.4 Å². The lowest BCUT2D eigenvalue weighted by molar-refractivity contribution is -0.115. The van der Waals surface area contributed by atoms with Crippen molar-refractivity contribution in [2.75, 3.05) is 31.5 Å². The SMILES string of the molecule is CC(CN1CCCC1)NCC(=O)Nc1cccc(Br)c1. The number of likely N-dealkylation sites (tertiary alicyclic amines) is 1. The fraction of sp³-hybridized carbons (Fsp3) is 0.533. The lowest BCUT2D eigenvalue weighted by Gasteiger charge is -2.21. The predicted octanol–water partition coefficient (Wildman–Crippen LogP) is 2.46. The van der Waals surface area contributed by atoms with Gasteiger partial charge in [-0.25, -0.2) is 0 Å². The number of anilines is 1. The van der Waals surface area contributed by atoms with Crippen LogP contribution in [-0.4, -0.2) is 43.0 Å². The van der Waals surface area contributed by atoms with E-state index in [1.54, 1.807) is 0 Å². The van der Waals surface area contributed by atoms with E-state index in [9.17, 15) is 4.79 Å². The van der Waals surface area contributed by atoms with E-state index in [1.165, 1.54) is 25.9 Å². The van der Waals surface area contributed by atoms with E-state index in [0.29, 0.717) is 12.6 Å². The van der Waals surface area contributed by atoms with Gasteiger partial charge in [-0.3, -0.25) is 4.79 Å². The Balaban J connectivity index is 1.69. The minimum atomic E-state index is -0.00336. The summed E-state index contributed by atoms with van der Waals surface area (Å²) in [6.45, 7) is 5.88. The lowest BCUT2D eigenvalue weighted by atomic mass is 10.3. The smallest absolute Gasteiger partial charge is 0.238 e. The van der Waals surface area contributed by atoms with Crippen LogP contribution in [0.15, 0.2) is 28.7 Å². The molecule has 2 N–H and O–H groups in total. The Morgan fingerprint density at radius 2 is 2.15 bits per heavy atom. The van der Waals surface area contributed by atoms with E-state index in [4.69, 9.17) is 0 Å². The second kappa shape index (κ2) is 7.76. The van der Waals surface area contributed by atoms with Crippen LogP contribution in [0.3, 0.4) is 0 Å². The third-order valence-corrected chi connectivity index (χ3v) is 3.94. The number of nitrogens with zero attached hydrogens (tertiary/aromatic N) is 1. The van der Waals surface area contributed by atoms with Gasteiger partial charge in [-0.1, -0.05) is 22.0 Å². The summed E-state index contributed by atoms with van der Waals surface area (Å²) in [6.07, 6.45) is 2.60. The van der Waals surface area contributed by atoms with Gasteiger partial charge in [-0.15, -0.1) is 0 Å². The van der Waals surface area contributed by atoms with Crippen molar-refractivity contribution in [1.29, 1.82) is 0 Å². The Kier molecular flexibility index (Phi) is 6.01. The second-order valence-corrected chi connectivity index (χ2v) is 6.26. The van der Waals surface area contributed by atoms with Crippen LogP contribution in [0, 0.1) is 0 Å². The zero-order chi connectivity index (χ0) is 14.4. The molecule has 0 aromatic heterocycles. The molecule has 1 aliphatic heterocycles. The third kappa shape index (κ3) is 5.23. The molecule has 1 amide bonds. The van der Waals surface area contributed by atoms with Gasteiger partial charge in [0, 0.05) is 22.7 Å². The van der Waals surface area contributed by atoms with Crippen LogP contribution in [0.25, 0.3) is 0 Å². The molecular weight excluding hydrogens is 318 g/mol. The van der Waals surface area contributed by atoms with Crippen LogP contribution >= 0.6 is 15.9 Å². The zero-order valence-electron chi connectivity index (χ0n) is 11.9. The summed E-state index contributed by atoms with van der Waals surface area (Å²) < 4.78 is 0.964. The summed E-state index contributed by atoms with van der Waals surface area (Å²) in [6, 6.07) is 7.96. The Morgan fingerprint density at radius 3 is 2.85 bits per heavy atom. The number of benzene rings is 1. The number of halogens is 1. The van der Waals surface area contributed by atoms with E-state index in [2.05, 4.69) is 38.4 Å². The van der Waals surface area contributed by atoms with E-state index in [-0.39, 0.29) is 5.91 Å². The Morgan fingerprint density at radius 1 is 1.40 bits per heavy atom. The van der Waals surface area contributed by atoms with Crippen molar-refractivity contribution in [2.24, 2.45) is 0 Å². The fourth-order valence-corrected chi connectivity index (χ4v) is 2.85. The summed E-state index contributed by atoms with van der Waals surface area (Å²) in [5.74, 6) is -0.00336. The zero-order valence-corrected chi connectivity index (χ0v) is 13.4. The van der Waals surface area contributed by atoms with Crippen molar-refractivity contribution >= 4 is 27.5 Å². The van der Waals surface area contributed by atoms with Gasteiger partial charge in [-0.2, -0.15) is 0 Å². The maximum Gasteiger partial charge on any atom is 0.238 e. The highest BCUT2D eigenvalue weighted by Crippen LogP contribution is 2.15. The minimum absolute atomic E-state index is 0.00336. The molecule has 1 heterocycles. The summed E-state index contributed by atoms with van der Waals surface area (Å²) in [4.78, 5) is 14.3. The molecule has 5 heteroatoms. The van der Waals surface area contributed by atoms with Crippen molar-refractivity contribution in [3.63, 3.8) is 0 Å². The molecule has 20 heavy (non-hydrogen) atoms. The average Bonchev–Trinajstić information content (AvgIpc) is 2.89. The highest BCUT2D eigenvalue weighted by Gasteiger charge is 2.14. The molecule has 1 unspecified atom stereocenters. The first kappa shape index (κ1) is 15.5. The molecule has 0 aliphatic carbocycles. The molecule has 1 aromatic rings. The van der Waals surface area contributed by atoms with E-state index < -0.39 is 0 Å². The van der Waals surface area contributed by atoms with E-state index in [0.717, 1.165) is 16.7 Å². The third-order valence-electron chi connectivity index (χ3n) is 3.45. The number of nitrogens with one attached hydrogen (secondary N) is 2. The van der Waals surface area contributed by atoms with Crippen LogP contribution < -0.4 is 10.6 Å². The van der Waals surface area contributed by atoms with Gasteiger partial charge in [-0.05, 0) is 51.1 Å². The molecule has 1 aromatic carbocycles. The molecular formula is C15H22BrN3O. The molecule has 0 bridgehead atoms. The molecule has 1 fully saturated rings. The van der Waals surface area contributed by atoms with Gasteiger partial charge >= 0.3 is 0 Å². The summed E-state index contributed by atoms with van der Waals surface area (Å²) in [5, 5.41) is 6.17. The molecule has 1 saturated heterocycles. The molecule has 1 atom stereocenters. The van der Waals surface area contributed by atoms with Crippen molar-refractivity contribution in [2.45, 2.75) is 25.8 Å². The first-order valence-electron chi connectivity index (χ1n) is 7.14. The Labute approximate surface area is 129 Å². The number of carbonyl (C=O) groups excluding carboxylic acids is 1. The number of hydrogen-bond acceptors (Lipinski definition) is 3. The van der Waals surface area contributed by atoms with E-state index in [1.807, 2.05) is 24.3 Å². The number of carbonyl (C=O) groups is 1. The van der Waals surface area contributed by atoms with E-state index >= 15 is 0 Å². The summed E-state index contributed by atoms with van der Waals surface area (Å²) >= 11 is 3.39. The monoisotopic (exact) mass is 339 g/mol. The normalized spacial score (nSPS) is 17.1. The van der Waals surface area contributed by atoms with Crippen molar-refractivity contribution < 1.29 is 4.79 Å². The molecule has 1 aliphatic rings. The standard InChI is InChI=1S/C15H22BrN3O/c1-12(11-19-7-2-3-8-19)17-10-15(20)18-14-6-4-5-13(16)9-14/h4-6,9,12,17H,2-3,7-8,10-11H2,1H3,(H,18,20). The first-order valence-corrected chi connectivity index (χ1v) is 7.94. The fourth-order valence-electron chi connectivity index (χ4n) is 2.46. The van der Waals surface area contributed by atoms with Crippen LogP contribution in [0.5, 0.6) is 0 Å². The van der Waals surface area contributed by atoms with Crippen LogP contribution in [0.1, 0.15) is 19.8 Å². The van der Waals surface area contributed by atoms with Gasteiger partial charge in [0.05, 0.1) is 6.54 Å². The highest BCUT2D eigenvalue weighted by atomic mass is 79.9. The molecule has 0 spiro atoms. The lowest BCUT2D eigenvalue weighted by Crippen LogP contribution is -2.41. The van der Waals surface area contributed by atoms with Gasteiger partial charge in [0.15, 0.2) is 0 Å². The van der Waals surface area contributed by atoms with Gasteiger partial charge in [0.2, 0.25) is 5.91 Å². The predicted molar refractivity (Wildman–Crippen MR) is 85.9 cm³/mol. The molecule has 0 radical (unpaired) electrons. The van der Waals surface area contributed by atoms with Crippen molar-refractivity contribution in [1.82, 2.24) is 10.2 Å². The minimum Gasteiger partial charge on any atom is -0.325 e. The highest BCUT2D eigenvalue weighted by molar-refractivity contribution is 9.10. The van der Waals surface area contributed by atoms with Crippen LogP contribution in [-0.2, 0) is 4.79 Å². The largest absolute Gasteiger partial charge is 0.325 e. The number of hydrogen-bond donors (Lipinski definition) is 2. The Hall–Kier alpha value is -0.910. The molecule has 4 nitrogen and oxygen atoms in total. The Bertz CT molecular complexity index is 446. The second-order valence-electron chi connectivity index (χ2n) is 5.35. The summed E-state index contributed by atoms with van der Waals surface area (Å²) in [5.41, 5.74) is 0.818. The molecule has 2 rings (SSSR count). The average molecular weight is 340 g/mol. The van der Waals surface area contributed by atoms with Crippen LogP contribution in [0.2, 0.25) is 0 Å². The maximum absolute atomic E-state index is 11.9. The van der Waals surface area contributed by atoms with Crippen molar-refractivity contribution in [3.8, 4) is 0 Å². The van der Waals surface area contributed by atoms with Crippen molar-refractivity contribution in [3.05, 3.63) is 28.7 Å². The molecule has 110 valence electrons.